The summed E-state index contributed by atoms with van der Waals surface area (Å²) in [5.74, 6) is 1.34. The molecule has 1 fully saturated rings. The molecular formula is C17H26ClIN4O2. The molecule has 2 rings (SSSR count). The van der Waals surface area contributed by atoms with Crippen molar-refractivity contribution in [2.45, 2.75) is 32.2 Å². The van der Waals surface area contributed by atoms with Crippen molar-refractivity contribution in [2.75, 3.05) is 26.7 Å². The molecule has 25 heavy (non-hydrogen) atoms. The Morgan fingerprint density at radius 2 is 2.12 bits per heavy atom. The van der Waals surface area contributed by atoms with Gasteiger partial charge in [-0.25, -0.2) is 4.99 Å². The van der Waals surface area contributed by atoms with E-state index in [2.05, 4.69) is 20.9 Å². The summed E-state index contributed by atoms with van der Waals surface area (Å²) >= 11 is 6.24. The second kappa shape index (κ2) is 11.4. The lowest BCUT2D eigenvalue weighted by Crippen LogP contribution is -2.39. The number of nitrogens with zero attached hydrogens (tertiary/aromatic N) is 1. The van der Waals surface area contributed by atoms with Crippen LogP contribution in [0.15, 0.2) is 23.2 Å². The number of methoxy groups -OCH3 is 1. The number of guanidine groups is 1. The summed E-state index contributed by atoms with van der Waals surface area (Å²) in [6.07, 6.45) is 2.91. The van der Waals surface area contributed by atoms with Gasteiger partial charge in [0.15, 0.2) is 5.96 Å². The van der Waals surface area contributed by atoms with Crippen molar-refractivity contribution in [3.8, 4) is 5.75 Å². The summed E-state index contributed by atoms with van der Waals surface area (Å²) in [6.45, 7) is 3.53. The summed E-state index contributed by atoms with van der Waals surface area (Å²) in [6, 6.07) is 6.01. The minimum Gasteiger partial charge on any atom is -0.497 e. The lowest BCUT2D eigenvalue weighted by molar-refractivity contribution is -0.119. The van der Waals surface area contributed by atoms with Crippen LogP contribution in [0.1, 0.15) is 25.3 Å². The molecule has 0 spiro atoms. The first-order valence-electron chi connectivity index (χ1n) is 8.26. The summed E-state index contributed by atoms with van der Waals surface area (Å²) in [4.78, 5) is 16.0. The van der Waals surface area contributed by atoms with Gasteiger partial charge in [0.2, 0.25) is 5.91 Å². The maximum Gasteiger partial charge on any atom is 0.242 e. The Morgan fingerprint density at radius 1 is 1.36 bits per heavy atom. The van der Waals surface area contributed by atoms with Crippen LogP contribution < -0.4 is 20.7 Å². The maximum absolute atomic E-state index is 11.7. The number of amides is 1. The van der Waals surface area contributed by atoms with Crippen molar-refractivity contribution in [1.29, 1.82) is 0 Å². The fourth-order valence-corrected chi connectivity index (χ4v) is 2.43. The molecule has 1 aliphatic carbocycles. The molecule has 1 amide bonds. The maximum atomic E-state index is 11.7. The molecule has 0 bridgehead atoms. The average molecular weight is 481 g/mol. The van der Waals surface area contributed by atoms with Crippen LogP contribution in [0.25, 0.3) is 0 Å². The number of carbonyl (C=O) groups is 1. The second-order valence-electron chi connectivity index (χ2n) is 5.67. The van der Waals surface area contributed by atoms with E-state index >= 15 is 0 Å². The molecule has 3 N–H and O–H groups in total. The molecular weight excluding hydrogens is 455 g/mol. The normalized spacial score (nSPS) is 13.6. The smallest absolute Gasteiger partial charge is 0.242 e. The van der Waals surface area contributed by atoms with Crippen LogP contribution in [-0.2, 0) is 11.2 Å². The number of rotatable bonds is 8. The van der Waals surface area contributed by atoms with Crippen molar-refractivity contribution in [1.82, 2.24) is 16.0 Å². The zero-order chi connectivity index (χ0) is 17.4. The second-order valence-corrected chi connectivity index (χ2v) is 6.08. The third-order valence-electron chi connectivity index (χ3n) is 3.61. The van der Waals surface area contributed by atoms with Gasteiger partial charge in [0.1, 0.15) is 12.3 Å². The molecule has 0 aliphatic heterocycles. The highest BCUT2D eigenvalue weighted by Crippen LogP contribution is 2.22. The molecule has 140 valence electrons. The monoisotopic (exact) mass is 480 g/mol. The van der Waals surface area contributed by atoms with E-state index in [-0.39, 0.29) is 36.4 Å². The number of aliphatic imine (C=N–C) groups is 1. The molecule has 0 radical (unpaired) electrons. The minimum atomic E-state index is -0.0344. The van der Waals surface area contributed by atoms with Gasteiger partial charge in [0.25, 0.3) is 0 Å². The molecule has 0 heterocycles. The van der Waals surface area contributed by atoms with Crippen LogP contribution in [0.3, 0.4) is 0 Å². The third kappa shape index (κ3) is 8.13. The Morgan fingerprint density at radius 3 is 2.72 bits per heavy atom. The van der Waals surface area contributed by atoms with E-state index in [9.17, 15) is 4.79 Å². The summed E-state index contributed by atoms with van der Waals surface area (Å²) in [5.41, 5.74) is 1.03. The molecule has 0 aromatic heterocycles. The number of benzene rings is 1. The average Bonchev–Trinajstić information content (AvgIpc) is 3.37. The van der Waals surface area contributed by atoms with Crippen LogP contribution >= 0.6 is 35.6 Å². The van der Waals surface area contributed by atoms with E-state index in [0.717, 1.165) is 37.1 Å². The SMILES string of the molecule is CCNC(=NCC(=O)NC1CC1)NCCc1ccc(OC)cc1Cl.I. The fraction of sp³-hybridized carbons (Fsp3) is 0.529. The zero-order valence-corrected chi connectivity index (χ0v) is 17.7. The molecule has 0 atom stereocenters. The van der Waals surface area contributed by atoms with Crippen LogP contribution in [-0.4, -0.2) is 44.7 Å². The number of carbonyl (C=O) groups excluding carboxylic acids is 1. The largest absolute Gasteiger partial charge is 0.497 e. The van der Waals surface area contributed by atoms with Crippen LogP contribution in [0.4, 0.5) is 0 Å². The lowest BCUT2D eigenvalue weighted by Gasteiger charge is -2.12. The van der Waals surface area contributed by atoms with Gasteiger partial charge in [0.05, 0.1) is 7.11 Å². The molecule has 6 nitrogen and oxygen atoms in total. The topological polar surface area (TPSA) is 74.8 Å². The Hall–Kier alpha value is -1.22. The van der Waals surface area contributed by atoms with Crippen molar-refractivity contribution in [3.63, 3.8) is 0 Å². The van der Waals surface area contributed by atoms with Crippen molar-refractivity contribution < 1.29 is 9.53 Å². The zero-order valence-electron chi connectivity index (χ0n) is 14.6. The van der Waals surface area contributed by atoms with Crippen LogP contribution in [0, 0.1) is 0 Å². The van der Waals surface area contributed by atoms with Gasteiger partial charge in [-0.3, -0.25) is 4.79 Å². The number of nitrogens with one attached hydrogen (secondary N) is 3. The summed E-state index contributed by atoms with van der Waals surface area (Å²) < 4.78 is 5.14. The number of halogens is 2. The Labute approximate surface area is 171 Å². The van der Waals surface area contributed by atoms with Crippen LogP contribution in [0.2, 0.25) is 5.02 Å². The van der Waals surface area contributed by atoms with Gasteiger partial charge < -0.3 is 20.7 Å². The Bertz CT molecular complexity index is 594. The van der Waals surface area contributed by atoms with Gasteiger partial charge >= 0.3 is 0 Å². The quantitative estimate of drug-likeness (QED) is 0.303. The highest BCUT2D eigenvalue weighted by atomic mass is 127. The minimum absolute atomic E-state index is 0. The molecule has 1 saturated carbocycles. The predicted molar refractivity (Wildman–Crippen MR) is 112 cm³/mol. The molecule has 1 aromatic carbocycles. The standard InChI is InChI=1S/C17H25ClN4O2.HI/c1-3-19-17(21-11-16(23)22-13-5-6-13)20-9-8-12-4-7-14(24-2)10-15(12)18;/h4,7,10,13H,3,5-6,8-9,11H2,1-2H3,(H,22,23)(H2,19,20,21);1H. The molecule has 0 saturated heterocycles. The van der Waals surface area contributed by atoms with Crippen molar-refractivity contribution >= 4 is 47.4 Å². The molecule has 1 aliphatic rings. The van der Waals surface area contributed by atoms with Gasteiger partial charge in [-0.1, -0.05) is 17.7 Å². The van der Waals surface area contributed by atoms with E-state index in [1.165, 1.54) is 0 Å². The first kappa shape index (κ1) is 21.8. The third-order valence-corrected chi connectivity index (χ3v) is 3.97. The van der Waals surface area contributed by atoms with Crippen molar-refractivity contribution in [2.24, 2.45) is 4.99 Å². The number of ether oxygens (including phenoxy) is 1. The molecule has 8 heteroatoms. The fourth-order valence-electron chi connectivity index (χ4n) is 2.17. The predicted octanol–water partition coefficient (Wildman–Crippen LogP) is 2.34. The van der Waals surface area contributed by atoms with Gasteiger partial charge in [-0.2, -0.15) is 0 Å². The Kier molecular flexibility index (Phi) is 9.96. The van der Waals surface area contributed by atoms with E-state index < -0.39 is 0 Å². The van der Waals surface area contributed by atoms with E-state index in [1.54, 1.807) is 13.2 Å². The van der Waals surface area contributed by atoms with Crippen molar-refractivity contribution in [3.05, 3.63) is 28.8 Å². The Balaban J connectivity index is 0.00000312. The number of hydrogen-bond acceptors (Lipinski definition) is 3. The lowest BCUT2D eigenvalue weighted by atomic mass is 10.1. The van der Waals surface area contributed by atoms with E-state index in [4.69, 9.17) is 16.3 Å². The highest BCUT2D eigenvalue weighted by Gasteiger charge is 2.22. The van der Waals surface area contributed by atoms with E-state index in [0.29, 0.717) is 23.6 Å². The summed E-state index contributed by atoms with van der Waals surface area (Å²) in [7, 11) is 1.62. The first-order chi connectivity index (χ1) is 11.6. The molecule has 0 unspecified atom stereocenters. The van der Waals surface area contributed by atoms with E-state index in [1.807, 2.05) is 19.1 Å². The number of hydrogen-bond donors (Lipinski definition) is 3. The molecule has 1 aromatic rings. The van der Waals surface area contributed by atoms with Gasteiger partial charge in [0, 0.05) is 24.2 Å². The van der Waals surface area contributed by atoms with Gasteiger partial charge in [-0.05, 0) is 43.9 Å². The first-order valence-corrected chi connectivity index (χ1v) is 8.64. The highest BCUT2D eigenvalue weighted by molar-refractivity contribution is 14.0. The van der Waals surface area contributed by atoms with Gasteiger partial charge in [-0.15, -0.1) is 24.0 Å². The van der Waals surface area contributed by atoms with Crippen LogP contribution in [0.5, 0.6) is 5.75 Å². The summed E-state index contributed by atoms with van der Waals surface area (Å²) in [5, 5.41) is 9.95.